The monoisotopic (exact) mass is 382 g/mol. The van der Waals surface area contributed by atoms with E-state index in [4.69, 9.17) is 4.42 Å². The first-order valence-corrected chi connectivity index (χ1v) is 9.57. The average molecular weight is 382 g/mol. The van der Waals surface area contributed by atoms with Gasteiger partial charge in [0, 0.05) is 18.7 Å². The molecule has 0 radical (unpaired) electrons. The predicted octanol–water partition coefficient (Wildman–Crippen LogP) is 4.01. The van der Waals surface area contributed by atoms with Crippen molar-refractivity contribution >= 4 is 23.2 Å². The number of hydrogen-bond donors (Lipinski definition) is 1. The topological polar surface area (TPSA) is 83.6 Å². The number of aliphatic carboxylic acids is 1. The zero-order valence-corrected chi connectivity index (χ0v) is 15.3. The molecule has 6 nitrogen and oxygen atoms in total. The average Bonchev–Trinajstić information content (AvgIpc) is 3.38. The van der Waals surface area contributed by atoms with E-state index < -0.39 is 11.9 Å². The highest BCUT2D eigenvalue weighted by Gasteiger charge is 2.31. The van der Waals surface area contributed by atoms with Crippen molar-refractivity contribution in [2.75, 3.05) is 13.1 Å². The fourth-order valence-electron chi connectivity index (χ4n) is 3.27. The number of amides is 1. The van der Waals surface area contributed by atoms with Crippen molar-refractivity contribution in [1.29, 1.82) is 0 Å². The second-order valence-corrected chi connectivity index (χ2v) is 7.47. The lowest BCUT2D eigenvalue weighted by atomic mass is 9.98. The lowest BCUT2D eigenvalue weighted by Crippen LogP contribution is -2.42. The van der Waals surface area contributed by atoms with Gasteiger partial charge in [-0.1, -0.05) is 30.3 Å². The Kier molecular flexibility index (Phi) is 4.77. The first-order chi connectivity index (χ1) is 13.1. The number of aromatic nitrogens is 1. The number of benzene rings is 1. The van der Waals surface area contributed by atoms with Crippen molar-refractivity contribution in [3.63, 3.8) is 0 Å². The SMILES string of the molecule is O=C(O)C1CCCN(C(=O)c2sc(-c3ccco3)nc2-c2ccccc2)C1. The van der Waals surface area contributed by atoms with Gasteiger partial charge >= 0.3 is 5.97 Å². The Morgan fingerprint density at radius 2 is 2.00 bits per heavy atom. The summed E-state index contributed by atoms with van der Waals surface area (Å²) in [6.07, 6.45) is 2.86. The molecule has 1 atom stereocenters. The van der Waals surface area contributed by atoms with Crippen molar-refractivity contribution in [2.45, 2.75) is 12.8 Å². The van der Waals surface area contributed by atoms with Crippen LogP contribution in [0.5, 0.6) is 0 Å². The number of carboxylic acids is 1. The zero-order valence-electron chi connectivity index (χ0n) is 14.5. The molecule has 4 rings (SSSR count). The quantitative estimate of drug-likeness (QED) is 0.737. The van der Waals surface area contributed by atoms with E-state index in [2.05, 4.69) is 4.98 Å². The number of thiazole rings is 1. The Labute approximate surface area is 160 Å². The van der Waals surface area contributed by atoms with Crippen LogP contribution in [0.2, 0.25) is 0 Å². The summed E-state index contributed by atoms with van der Waals surface area (Å²) in [5.74, 6) is -0.926. The van der Waals surface area contributed by atoms with Gasteiger partial charge in [-0.05, 0) is 25.0 Å². The van der Waals surface area contributed by atoms with Crippen LogP contribution in [0.1, 0.15) is 22.5 Å². The number of hydrogen-bond acceptors (Lipinski definition) is 5. The molecule has 1 fully saturated rings. The van der Waals surface area contributed by atoms with Crippen LogP contribution in [0.25, 0.3) is 22.0 Å². The van der Waals surface area contributed by atoms with Crippen LogP contribution in [0.15, 0.2) is 53.1 Å². The Balaban J connectivity index is 1.72. The second-order valence-electron chi connectivity index (χ2n) is 6.47. The molecule has 1 amide bonds. The standard InChI is InChI=1S/C20H18N2O4S/c23-19(22-10-4-8-14(12-22)20(24)25)17-16(13-6-2-1-3-7-13)21-18(27-17)15-9-5-11-26-15/h1-3,5-7,9,11,14H,4,8,10,12H2,(H,24,25). The first kappa shape index (κ1) is 17.5. The summed E-state index contributed by atoms with van der Waals surface area (Å²) in [6.45, 7) is 0.793. The van der Waals surface area contributed by atoms with Gasteiger partial charge in [-0.25, -0.2) is 4.98 Å². The molecule has 1 aliphatic rings. The van der Waals surface area contributed by atoms with E-state index in [-0.39, 0.29) is 12.5 Å². The molecule has 1 saturated heterocycles. The Bertz CT molecular complexity index is 950. The van der Waals surface area contributed by atoms with Crippen LogP contribution in [0.3, 0.4) is 0 Å². The predicted molar refractivity (Wildman–Crippen MR) is 102 cm³/mol. The molecule has 1 aromatic carbocycles. The Morgan fingerprint density at radius 3 is 2.70 bits per heavy atom. The number of carbonyl (C=O) groups is 2. The number of carboxylic acid groups (broad SMARTS) is 1. The number of carbonyl (C=O) groups excluding carboxylic acids is 1. The fraction of sp³-hybridized carbons (Fsp3) is 0.250. The Hall–Kier alpha value is -2.93. The number of likely N-dealkylation sites (tertiary alicyclic amines) is 1. The van der Waals surface area contributed by atoms with Crippen LogP contribution in [0, 0.1) is 5.92 Å². The van der Waals surface area contributed by atoms with Gasteiger partial charge in [0.1, 0.15) is 4.88 Å². The van der Waals surface area contributed by atoms with Crippen molar-refractivity contribution in [2.24, 2.45) is 5.92 Å². The summed E-state index contributed by atoms with van der Waals surface area (Å²) in [5, 5.41) is 9.94. The third-order valence-electron chi connectivity index (χ3n) is 4.66. The van der Waals surface area contributed by atoms with Gasteiger partial charge in [-0.15, -0.1) is 11.3 Å². The maximum absolute atomic E-state index is 13.2. The molecule has 138 valence electrons. The largest absolute Gasteiger partial charge is 0.481 e. The number of nitrogens with zero attached hydrogens (tertiary/aromatic N) is 2. The summed E-state index contributed by atoms with van der Waals surface area (Å²) in [5.41, 5.74) is 1.45. The number of furan rings is 1. The number of piperidine rings is 1. The van der Waals surface area contributed by atoms with E-state index in [1.807, 2.05) is 36.4 Å². The van der Waals surface area contributed by atoms with Gasteiger partial charge in [0.15, 0.2) is 10.8 Å². The Morgan fingerprint density at radius 1 is 1.19 bits per heavy atom. The van der Waals surface area contributed by atoms with Gasteiger partial charge in [0.25, 0.3) is 5.91 Å². The molecule has 0 aliphatic carbocycles. The minimum absolute atomic E-state index is 0.171. The van der Waals surface area contributed by atoms with E-state index in [1.165, 1.54) is 11.3 Å². The van der Waals surface area contributed by atoms with Gasteiger partial charge in [0.05, 0.1) is 17.9 Å². The molecule has 0 saturated carbocycles. The molecule has 0 bridgehead atoms. The maximum Gasteiger partial charge on any atom is 0.308 e. The summed E-state index contributed by atoms with van der Waals surface area (Å²) >= 11 is 1.28. The van der Waals surface area contributed by atoms with Crippen LogP contribution in [0.4, 0.5) is 0 Å². The van der Waals surface area contributed by atoms with Crippen LogP contribution in [-0.2, 0) is 4.79 Å². The molecular weight excluding hydrogens is 364 g/mol. The highest BCUT2D eigenvalue weighted by atomic mass is 32.1. The highest BCUT2D eigenvalue weighted by Crippen LogP contribution is 2.35. The van der Waals surface area contributed by atoms with E-state index in [0.29, 0.717) is 40.7 Å². The van der Waals surface area contributed by atoms with Gasteiger partial charge in [-0.3, -0.25) is 9.59 Å². The third-order valence-corrected chi connectivity index (χ3v) is 5.72. The van der Waals surface area contributed by atoms with Gasteiger partial charge < -0.3 is 14.4 Å². The second kappa shape index (κ2) is 7.36. The molecule has 3 heterocycles. The normalized spacial score (nSPS) is 17.0. The smallest absolute Gasteiger partial charge is 0.308 e. The van der Waals surface area contributed by atoms with Gasteiger partial charge in [0.2, 0.25) is 0 Å². The number of rotatable bonds is 4. The molecular formula is C20H18N2O4S. The van der Waals surface area contributed by atoms with E-state index in [0.717, 1.165) is 5.56 Å². The van der Waals surface area contributed by atoms with E-state index in [9.17, 15) is 14.7 Å². The maximum atomic E-state index is 13.2. The highest BCUT2D eigenvalue weighted by molar-refractivity contribution is 7.17. The fourth-order valence-corrected chi connectivity index (χ4v) is 4.29. The molecule has 2 aromatic heterocycles. The molecule has 27 heavy (non-hydrogen) atoms. The minimum Gasteiger partial charge on any atom is -0.481 e. The molecule has 1 aliphatic heterocycles. The molecule has 1 unspecified atom stereocenters. The molecule has 3 aromatic rings. The molecule has 7 heteroatoms. The lowest BCUT2D eigenvalue weighted by Gasteiger charge is -2.30. The first-order valence-electron chi connectivity index (χ1n) is 8.75. The summed E-state index contributed by atoms with van der Waals surface area (Å²) in [4.78, 5) is 31.4. The van der Waals surface area contributed by atoms with Crippen LogP contribution >= 0.6 is 11.3 Å². The summed E-state index contributed by atoms with van der Waals surface area (Å²) in [7, 11) is 0. The van der Waals surface area contributed by atoms with Gasteiger partial charge in [-0.2, -0.15) is 0 Å². The lowest BCUT2D eigenvalue weighted by molar-refractivity contribution is -0.143. The van der Waals surface area contributed by atoms with Crippen molar-refractivity contribution in [3.8, 4) is 22.0 Å². The summed E-state index contributed by atoms with van der Waals surface area (Å²) in [6, 6.07) is 13.1. The van der Waals surface area contributed by atoms with E-state index in [1.54, 1.807) is 17.2 Å². The van der Waals surface area contributed by atoms with Crippen LogP contribution < -0.4 is 0 Å². The van der Waals surface area contributed by atoms with Crippen LogP contribution in [-0.4, -0.2) is 40.0 Å². The van der Waals surface area contributed by atoms with Crippen molar-refractivity contribution in [3.05, 3.63) is 53.6 Å². The van der Waals surface area contributed by atoms with Crippen molar-refractivity contribution in [1.82, 2.24) is 9.88 Å². The third kappa shape index (κ3) is 3.50. The zero-order chi connectivity index (χ0) is 18.8. The van der Waals surface area contributed by atoms with Crippen molar-refractivity contribution < 1.29 is 19.1 Å². The van der Waals surface area contributed by atoms with E-state index >= 15 is 0 Å². The molecule has 1 N–H and O–H groups in total. The summed E-state index contributed by atoms with van der Waals surface area (Å²) < 4.78 is 5.44. The molecule has 0 spiro atoms. The minimum atomic E-state index is -0.851.